The molecule has 9 heteroatoms. The van der Waals surface area contributed by atoms with E-state index in [-0.39, 0.29) is 18.0 Å². The predicted molar refractivity (Wildman–Crippen MR) is 98.6 cm³/mol. The molecule has 0 spiro atoms. The molecule has 0 aliphatic carbocycles. The van der Waals surface area contributed by atoms with Crippen LogP contribution in [-0.2, 0) is 11.3 Å². The molecule has 3 aromatic heterocycles. The fraction of sp³-hybridized carbons (Fsp3) is 0.118. The molecule has 0 fully saturated rings. The lowest BCUT2D eigenvalue weighted by atomic mass is 10.3. The summed E-state index contributed by atoms with van der Waals surface area (Å²) in [6.07, 6.45) is 3.32. The maximum absolute atomic E-state index is 12.3. The van der Waals surface area contributed by atoms with Crippen LogP contribution in [0, 0.1) is 6.92 Å². The number of nitrogens with one attached hydrogen (secondary N) is 1. The third kappa shape index (κ3) is 3.24. The Morgan fingerprint density at radius 2 is 2.15 bits per heavy atom. The number of aryl methyl sites for hydroxylation is 1. The first-order valence-corrected chi connectivity index (χ1v) is 8.65. The molecule has 4 aromatic rings. The van der Waals surface area contributed by atoms with E-state index in [9.17, 15) is 9.59 Å². The SMILES string of the molecule is Cc1nc2cc(NC(=O)Cn3nc(-n4cccn4)ccc3=O)ccc2s1. The molecule has 0 atom stereocenters. The molecular formula is C17H14N6O2S. The minimum absolute atomic E-state index is 0.192. The first kappa shape index (κ1) is 16.2. The largest absolute Gasteiger partial charge is 0.324 e. The van der Waals surface area contributed by atoms with Gasteiger partial charge in [0.05, 0.1) is 15.2 Å². The van der Waals surface area contributed by atoms with E-state index in [1.54, 1.807) is 35.9 Å². The monoisotopic (exact) mass is 366 g/mol. The molecule has 8 nitrogen and oxygen atoms in total. The summed E-state index contributed by atoms with van der Waals surface area (Å²) >= 11 is 1.60. The van der Waals surface area contributed by atoms with Crippen molar-refractivity contribution in [2.45, 2.75) is 13.5 Å². The Hall–Kier alpha value is -3.33. The number of thiazole rings is 1. The maximum atomic E-state index is 12.3. The van der Waals surface area contributed by atoms with Crippen LogP contribution in [0.25, 0.3) is 16.0 Å². The number of aromatic nitrogens is 5. The van der Waals surface area contributed by atoms with Gasteiger partial charge in [0.25, 0.3) is 5.56 Å². The number of hydrogen-bond donors (Lipinski definition) is 1. The van der Waals surface area contributed by atoms with Gasteiger partial charge in [-0.3, -0.25) is 9.59 Å². The normalized spacial score (nSPS) is 11.0. The highest BCUT2D eigenvalue weighted by Gasteiger charge is 2.09. The lowest BCUT2D eigenvalue weighted by Crippen LogP contribution is -2.30. The molecule has 0 radical (unpaired) electrons. The highest BCUT2D eigenvalue weighted by atomic mass is 32.1. The number of benzene rings is 1. The third-order valence-corrected chi connectivity index (χ3v) is 4.62. The average Bonchev–Trinajstić information content (AvgIpc) is 3.25. The fourth-order valence-electron chi connectivity index (χ4n) is 2.53. The summed E-state index contributed by atoms with van der Waals surface area (Å²) in [7, 11) is 0. The molecule has 0 unspecified atom stereocenters. The van der Waals surface area contributed by atoms with Gasteiger partial charge in [0.2, 0.25) is 5.91 Å². The lowest BCUT2D eigenvalue weighted by molar-refractivity contribution is -0.117. The number of carbonyl (C=O) groups is 1. The number of carbonyl (C=O) groups excluding carboxylic acids is 1. The number of anilines is 1. The van der Waals surface area contributed by atoms with Gasteiger partial charge in [-0.05, 0) is 37.3 Å². The smallest absolute Gasteiger partial charge is 0.267 e. The average molecular weight is 366 g/mol. The highest BCUT2D eigenvalue weighted by Crippen LogP contribution is 2.24. The van der Waals surface area contributed by atoms with Crippen LogP contribution < -0.4 is 10.9 Å². The number of hydrogen-bond acceptors (Lipinski definition) is 6. The molecule has 3 heterocycles. The van der Waals surface area contributed by atoms with Crippen LogP contribution in [0.4, 0.5) is 5.69 Å². The van der Waals surface area contributed by atoms with Gasteiger partial charge >= 0.3 is 0 Å². The van der Waals surface area contributed by atoms with E-state index in [0.29, 0.717) is 11.5 Å². The van der Waals surface area contributed by atoms with Gasteiger partial charge in [-0.2, -0.15) is 5.10 Å². The van der Waals surface area contributed by atoms with Gasteiger partial charge in [-0.15, -0.1) is 16.4 Å². The Bertz CT molecular complexity index is 1150. The Kier molecular flexibility index (Phi) is 4.05. The second-order valence-electron chi connectivity index (χ2n) is 5.60. The van der Waals surface area contributed by atoms with E-state index < -0.39 is 0 Å². The molecule has 130 valence electrons. The van der Waals surface area contributed by atoms with Crippen molar-refractivity contribution in [1.29, 1.82) is 0 Å². The van der Waals surface area contributed by atoms with E-state index in [1.165, 1.54) is 10.7 Å². The van der Waals surface area contributed by atoms with E-state index >= 15 is 0 Å². The maximum Gasteiger partial charge on any atom is 0.267 e. The van der Waals surface area contributed by atoms with E-state index in [0.717, 1.165) is 19.9 Å². The van der Waals surface area contributed by atoms with E-state index in [1.807, 2.05) is 25.1 Å². The van der Waals surface area contributed by atoms with Gasteiger partial charge < -0.3 is 5.32 Å². The molecule has 1 N–H and O–H groups in total. The van der Waals surface area contributed by atoms with Gasteiger partial charge in [0, 0.05) is 24.1 Å². The molecular weight excluding hydrogens is 352 g/mol. The van der Waals surface area contributed by atoms with Crippen molar-refractivity contribution in [2.24, 2.45) is 0 Å². The Balaban J connectivity index is 1.53. The predicted octanol–water partition coefficient (Wildman–Crippen LogP) is 1.99. The van der Waals surface area contributed by atoms with E-state index in [4.69, 9.17) is 0 Å². The van der Waals surface area contributed by atoms with Crippen LogP contribution in [0.5, 0.6) is 0 Å². The molecule has 0 saturated heterocycles. The number of amides is 1. The summed E-state index contributed by atoms with van der Waals surface area (Å²) in [5.74, 6) is 0.116. The Morgan fingerprint density at radius 3 is 2.96 bits per heavy atom. The minimum atomic E-state index is -0.360. The molecule has 0 aliphatic rings. The quantitative estimate of drug-likeness (QED) is 0.596. The van der Waals surface area contributed by atoms with Crippen LogP contribution >= 0.6 is 11.3 Å². The summed E-state index contributed by atoms with van der Waals surface area (Å²) in [4.78, 5) is 28.7. The zero-order valence-corrected chi connectivity index (χ0v) is 14.6. The molecule has 26 heavy (non-hydrogen) atoms. The van der Waals surface area contributed by atoms with Crippen molar-refractivity contribution in [2.75, 3.05) is 5.32 Å². The summed E-state index contributed by atoms with van der Waals surface area (Å²) in [6, 6.07) is 10.2. The van der Waals surface area contributed by atoms with Crippen molar-refractivity contribution in [1.82, 2.24) is 24.5 Å². The zero-order valence-electron chi connectivity index (χ0n) is 13.8. The fourth-order valence-corrected chi connectivity index (χ4v) is 3.34. The lowest BCUT2D eigenvalue weighted by Gasteiger charge is -2.08. The Labute approximate surface area is 151 Å². The van der Waals surface area contributed by atoms with Gasteiger partial charge in [-0.1, -0.05) is 0 Å². The molecule has 0 aliphatic heterocycles. The molecule has 1 aromatic carbocycles. The van der Waals surface area contributed by atoms with Gasteiger partial charge in [0.1, 0.15) is 6.54 Å². The number of fused-ring (bicyclic) bond motifs is 1. The van der Waals surface area contributed by atoms with Crippen molar-refractivity contribution >= 4 is 33.1 Å². The van der Waals surface area contributed by atoms with Crippen LogP contribution in [0.1, 0.15) is 5.01 Å². The first-order chi connectivity index (χ1) is 12.6. The summed E-state index contributed by atoms with van der Waals surface area (Å²) in [6.45, 7) is 1.75. The summed E-state index contributed by atoms with van der Waals surface area (Å²) in [5, 5.41) is 12.0. The minimum Gasteiger partial charge on any atom is -0.324 e. The molecule has 0 bridgehead atoms. The molecule has 0 saturated carbocycles. The summed E-state index contributed by atoms with van der Waals surface area (Å²) in [5.41, 5.74) is 1.10. The van der Waals surface area contributed by atoms with Gasteiger partial charge in [-0.25, -0.2) is 14.3 Å². The molecule has 1 amide bonds. The Morgan fingerprint density at radius 1 is 1.27 bits per heavy atom. The van der Waals surface area contributed by atoms with Crippen LogP contribution in [-0.4, -0.2) is 30.5 Å². The van der Waals surface area contributed by atoms with Crippen LogP contribution in [0.15, 0.2) is 53.6 Å². The third-order valence-electron chi connectivity index (χ3n) is 3.66. The topological polar surface area (TPSA) is 94.7 Å². The number of rotatable bonds is 4. The van der Waals surface area contributed by atoms with Crippen LogP contribution in [0.3, 0.4) is 0 Å². The first-order valence-electron chi connectivity index (χ1n) is 7.84. The second kappa shape index (κ2) is 6.52. The standard InChI is InChI=1S/C17H14N6O2S/c1-11-19-13-9-12(3-4-14(13)26-11)20-16(24)10-23-17(25)6-5-15(21-23)22-8-2-7-18-22/h2-9H,10H2,1H3,(H,20,24). The number of nitrogens with zero attached hydrogens (tertiary/aromatic N) is 5. The van der Waals surface area contributed by atoms with Crippen LogP contribution in [0.2, 0.25) is 0 Å². The second-order valence-corrected chi connectivity index (χ2v) is 6.84. The van der Waals surface area contributed by atoms with Crippen molar-refractivity contribution < 1.29 is 4.79 Å². The van der Waals surface area contributed by atoms with Crippen molar-refractivity contribution in [3.05, 3.63) is 64.2 Å². The summed E-state index contributed by atoms with van der Waals surface area (Å²) < 4.78 is 3.69. The van der Waals surface area contributed by atoms with Crippen molar-refractivity contribution in [3.63, 3.8) is 0 Å². The molecule has 4 rings (SSSR count). The highest BCUT2D eigenvalue weighted by molar-refractivity contribution is 7.18. The van der Waals surface area contributed by atoms with Crippen molar-refractivity contribution in [3.8, 4) is 5.82 Å². The van der Waals surface area contributed by atoms with Gasteiger partial charge in [0.15, 0.2) is 5.82 Å². The van der Waals surface area contributed by atoms with E-state index in [2.05, 4.69) is 20.5 Å². The zero-order chi connectivity index (χ0) is 18.1.